The molecule has 0 spiro atoms. The van der Waals surface area contributed by atoms with Gasteiger partial charge in [-0.1, -0.05) is 23.7 Å². The van der Waals surface area contributed by atoms with Gasteiger partial charge in [-0.05, 0) is 17.7 Å². The molecule has 0 bridgehead atoms. The van der Waals surface area contributed by atoms with Gasteiger partial charge in [0.2, 0.25) is 11.8 Å². The summed E-state index contributed by atoms with van der Waals surface area (Å²) in [7, 11) is 0. The van der Waals surface area contributed by atoms with Crippen molar-refractivity contribution in [2.45, 2.75) is 12.6 Å². The van der Waals surface area contributed by atoms with Crippen molar-refractivity contribution in [3.8, 4) is 0 Å². The van der Waals surface area contributed by atoms with Crippen LogP contribution in [0.25, 0.3) is 0 Å². The number of hydrogen-bond acceptors (Lipinski definition) is 3. The first-order valence-electron chi connectivity index (χ1n) is 5.54. The van der Waals surface area contributed by atoms with E-state index in [1.54, 1.807) is 12.1 Å². The van der Waals surface area contributed by atoms with E-state index in [4.69, 9.17) is 16.3 Å². The molecule has 2 amide bonds. The number of amides is 2. The van der Waals surface area contributed by atoms with Gasteiger partial charge in [-0.2, -0.15) is 0 Å². The number of carbonyl (C=O) groups excluding carboxylic acids is 2. The van der Waals surface area contributed by atoms with Crippen LogP contribution in [0.4, 0.5) is 0 Å². The Morgan fingerprint density at radius 1 is 1.44 bits per heavy atom. The van der Waals surface area contributed by atoms with Crippen molar-refractivity contribution >= 4 is 23.4 Å². The maximum absolute atomic E-state index is 11.8. The highest BCUT2D eigenvalue weighted by Crippen LogP contribution is 2.09. The monoisotopic (exact) mass is 268 g/mol. The number of ether oxygens (including phenoxy) is 1. The van der Waals surface area contributed by atoms with Gasteiger partial charge < -0.3 is 15.4 Å². The van der Waals surface area contributed by atoms with Gasteiger partial charge in [0, 0.05) is 11.6 Å². The molecule has 1 heterocycles. The highest BCUT2D eigenvalue weighted by molar-refractivity contribution is 6.30. The van der Waals surface area contributed by atoms with Gasteiger partial charge in [-0.25, -0.2) is 0 Å². The van der Waals surface area contributed by atoms with Crippen LogP contribution in [0.3, 0.4) is 0 Å². The van der Waals surface area contributed by atoms with E-state index in [9.17, 15) is 9.59 Å². The fourth-order valence-electron chi connectivity index (χ4n) is 1.60. The number of benzene rings is 1. The molecular weight excluding hydrogens is 256 g/mol. The number of carbonyl (C=O) groups is 2. The third-order valence-corrected chi connectivity index (χ3v) is 2.80. The summed E-state index contributed by atoms with van der Waals surface area (Å²) in [5.74, 6) is -0.522. The first-order valence-corrected chi connectivity index (χ1v) is 5.92. The molecule has 18 heavy (non-hydrogen) atoms. The third kappa shape index (κ3) is 3.45. The Hall–Kier alpha value is -1.59. The molecule has 1 fully saturated rings. The average molecular weight is 269 g/mol. The second-order valence-electron chi connectivity index (χ2n) is 3.98. The Bertz CT molecular complexity index is 447. The summed E-state index contributed by atoms with van der Waals surface area (Å²) in [5.41, 5.74) is 0.941. The molecule has 0 aliphatic carbocycles. The van der Waals surface area contributed by atoms with Crippen molar-refractivity contribution in [2.24, 2.45) is 0 Å². The lowest BCUT2D eigenvalue weighted by Crippen LogP contribution is -2.53. The predicted molar refractivity (Wildman–Crippen MR) is 66.0 cm³/mol. The van der Waals surface area contributed by atoms with Crippen LogP contribution in [-0.2, 0) is 20.9 Å². The molecule has 0 aromatic heterocycles. The molecule has 2 N–H and O–H groups in total. The van der Waals surface area contributed by atoms with E-state index in [2.05, 4.69) is 10.6 Å². The number of morpholine rings is 1. The summed E-state index contributed by atoms with van der Waals surface area (Å²) in [6.45, 7) is 0.613. The van der Waals surface area contributed by atoms with E-state index in [0.29, 0.717) is 11.6 Å². The first-order chi connectivity index (χ1) is 8.65. The van der Waals surface area contributed by atoms with Gasteiger partial charge in [0.1, 0.15) is 12.6 Å². The second-order valence-corrected chi connectivity index (χ2v) is 4.42. The molecule has 1 aliphatic heterocycles. The molecular formula is C12H13ClN2O3. The lowest BCUT2D eigenvalue weighted by Gasteiger charge is -2.22. The zero-order valence-electron chi connectivity index (χ0n) is 9.61. The average Bonchev–Trinajstić information content (AvgIpc) is 2.38. The highest BCUT2D eigenvalue weighted by atomic mass is 35.5. The van der Waals surface area contributed by atoms with Crippen LogP contribution in [0, 0.1) is 0 Å². The second kappa shape index (κ2) is 5.84. The Morgan fingerprint density at radius 3 is 2.83 bits per heavy atom. The van der Waals surface area contributed by atoms with E-state index in [-0.39, 0.29) is 25.0 Å². The van der Waals surface area contributed by atoms with Crippen LogP contribution < -0.4 is 10.6 Å². The van der Waals surface area contributed by atoms with Crippen LogP contribution in [0.5, 0.6) is 0 Å². The Balaban J connectivity index is 1.84. The summed E-state index contributed by atoms with van der Waals surface area (Å²) >= 11 is 5.76. The first kappa shape index (κ1) is 12.9. The molecule has 1 aromatic rings. The molecule has 1 aliphatic rings. The smallest absolute Gasteiger partial charge is 0.246 e. The zero-order chi connectivity index (χ0) is 13.0. The Morgan fingerprint density at radius 2 is 2.17 bits per heavy atom. The highest BCUT2D eigenvalue weighted by Gasteiger charge is 2.24. The topological polar surface area (TPSA) is 67.4 Å². The molecule has 6 heteroatoms. The largest absolute Gasteiger partial charge is 0.369 e. The van der Waals surface area contributed by atoms with Crippen molar-refractivity contribution in [3.05, 3.63) is 34.9 Å². The van der Waals surface area contributed by atoms with Crippen molar-refractivity contribution in [2.75, 3.05) is 13.2 Å². The van der Waals surface area contributed by atoms with Gasteiger partial charge in [-0.15, -0.1) is 0 Å². The molecule has 0 radical (unpaired) electrons. The Kier molecular flexibility index (Phi) is 4.17. The lowest BCUT2D eigenvalue weighted by molar-refractivity contribution is -0.138. The SMILES string of the molecule is O=C1COCC(C(=O)NCc2ccc(Cl)cc2)N1. The van der Waals surface area contributed by atoms with Crippen molar-refractivity contribution in [1.82, 2.24) is 10.6 Å². The van der Waals surface area contributed by atoms with Gasteiger partial charge in [-0.3, -0.25) is 9.59 Å². The minimum atomic E-state index is -0.612. The van der Waals surface area contributed by atoms with Crippen LogP contribution in [0.1, 0.15) is 5.56 Å². The van der Waals surface area contributed by atoms with Gasteiger partial charge in [0.05, 0.1) is 6.61 Å². The van der Waals surface area contributed by atoms with Crippen LogP contribution in [0.15, 0.2) is 24.3 Å². The quantitative estimate of drug-likeness (QED) is 0.838. The van der Waals surface area contributed by atoms with Crippen LogP contribution in [-0.4, -0.2) is 31.1 Å². The van der Waals surface area contributed by atoms with E-state index in [1.807, 2.05) is 12.1 Å². The lowest BCUT2D eigenvalue weighted by atomic mass is 10.2. The summed E-state index contributed by atoms with van der Waals surface area (Å²) < 4.78 is 4.99. The number of nitrogens with one attached hydrogen (secondary N) is 2. The predicted octanol–water partition coefficient (Wildman–Crippen LogP) is 0.471. The molecule has 5 nitrogen and oxygen atoms in total. The van der Waals surface area contributed by atoms with E-state index >= 15 is 0 Å². The molecule has 1 saturated heterocycles. The van der Waals surface area contributed by atoms with E-state index in [1.165, 1.54) is 0 Å². The summed E-state index contributed by atoms with van der Waals surface area (Å²) in [4.78, 5) is 22.8. The zero-order valence-corrected chi connectivity index (χ0v) is 10.4. The number of hydrogen-bond donors (Lipinski definition) is 2. The van der Waals surface area contributed by atoms with Crippen LogP contribution in [0.2, 0.25) is 5.02 Å². The molecule has 2 rings (SSSR count). The molecule has 1 aromatic carbocycles. The summed E-state index contributed by atoms with van der Waals surface area (Å²) in [5, 5.41) is 5.95. The molecule has 96 valence electrons. The number of halogens is 1. The maximum atomic E-state index is 11.8. The fourth-order valence-corrected chi connectivity index (χ4v) is 1.73. The third-order valence-electron chi connectivity index (χ3n) is 2.55. The standard InChI is InChI=1S/C12H13ClN2O3/c13-9-3-1-8(2-4-9)5-14-12(17)10-6-18-7-11(16)15-10/h1-4,10H,5-7H2,(H,14,17)(H,15,16). The van der Waals surface area contributed by atoms with Gasteiger partial charge >= 0.3 is 0 Å². The van der Waals surface area contributed by atoms with E-state index in [0.717, 1.165) is 5.56 Å². The molecule has 0 saturated carbocycles. The van der Waals surface area contributed by atoms with E-state index < -0.39 is 6.04 Å². The fraction of sp³-hybridized carbons (Fsp3) is 0.333. The Labute approximate surface area is 109 Å². The summed E-state index contributed by atoms with van der Waals surface area (Å²) in [6.07, 6.45) is 0. The maximum Gasteiger partial charge on any atom is 0.246 e. The van der Waals surface area contributed by atoms with Crippen LogP contribution >= 0.6 is 11.6 Å². The minimum absolute atomic E-state index is 0.0148. The normalized spacial score (nSPS) is 19.2. The molecule has 1 unspecified atom stereocenters. The van der Waals surface area contributed by atoms with Crippen molar-refractivity contribution in [1.29, 1.82) is 0 Å². The minimum Gasteiger partial charge on any atom is -0.369 e. The number of rotatable bonds is 3. The van der Waals surface area contributed by atoms with Gasteiger partial charge in [0.25, 0.3) is 0 Å². The van der Waals surface area contributed by atoms with Gasteiger partial charge in [0.15, 0.2) is 0 Å². The molecule has 1 atom stereocenters. The summed E-state index contributed by atoms with van der Waals surface area (Å²) in [6, 6.07) is 6.57. The van der Waals surface area contributed by atoms with Crippen molar-refractivity contribution < 1.29 is 14.3 Å². The van der Waals surface area contributed by atoms with Crippen molar-refractivity contribution in [3.63, 3.8) is 0 Å².